The standard InChI is InChI=1S/C17H21N3O2/c1-17(22,15-9-19-20(2)10-15)11-18-16(21)14-7-6-12-4-3-5-13(12)8-14/h6-10,22H,3-5,11H2,1-2H3,(H,18,21). The molecule has 1 atom stereocenters. The number of aryl methyl sites for hydroxylation is 3. The first-order valence-electron chi connectivity index (χ1n) is 7.57. The molecule has 0 bridgehead atoms. The Morgan fingerprint density at radius 3 is 2.91 bits per heavy atom. The molecule has 0 spiro atoms. The molecule has 0 saturated heterocycles. The minimum atomic E-state index is -1.14. The second kappa shape index (κ2) is 5.57. The van der Waals surface area contributed by atoms with E-state index < -0.39 is 5.60 Å². The zero-order valence-electron chi connectivity index (χ0n) is 13.0. The van der Waals surface area contributed by atoms with E-state index in [2.05, 4.69) is 10.4 Å². The minimum absolute atomic E-state index is 0.147. The Kier molecular flexibility index (Phi) is 3.74. The summed E-state index contributed by atoms with van der Waals surface area (Å²) >= 11 is 0. The summed E-state index contributed by atoms with van der Waals surface area (Å²) in [6.45, 7) is 1.82. The van der Waals surface area contributed by atoms with Gasteiger partial charge in [-0.2, -0.15) is 5.10 Å². The van der Waals surface area contributed by atoms with Crippen LogP contribution in [0.4, 0.5) is 0 Å². The van der Waals surface area contributed by atoms with Gasteiger partial charge >= 0.3 is 0 Å². The SMILES string of the molecule is Cn1cc(C(C)(O)CNC(=O)c2ccc3c(c2)CCC3)cn1. The summed E-state index contributed by atoms with van der Waals surface area (Å²) < 4.78 is 1.63. The fourth-order valence-electron chi connectivity index (χ4n) is 2.87. The molecule has 22 heavy (non-hydrogen) atoms. The zero-order valence-corrected chi connectivity index (χ0v) is 13.0. The van der Waals surface area contributed by atoms with Crippen LogP contribution in [-0.2, 0) is 25.5 Å². The van der Waals surface area contributed by atoms with E-state index in [0.29, 0.717) is 11.1 Å². The summed E-state index contributed by atoms with van der Waals surface area (Å²) in [5, 5.41) is 17.3. The Morgan fingerprint density at radius 2 is 2.18 bits per heavy atom. The van der Waals surface area contributed by atoms with Crippen molar-refractivity contribution in [1.29, 1.82) is 0 Å². The number of carbonyl (C=O) groups is 1. The zero-order chi connectivity index (χ0) is 15.7. The van der Waals surface area contributed by atoms with Crippen molar-refractivity contribution < 1.29 is 9.90 Å². The largest absolute Gasteiger partial charge is 0.383 e. The highest BCUT2D eigenvalue weighted by atomic mass is 16.3. The van der Waals surface area contributed by atoms with Gasteiger partial charge in [0.15, 0.2) is 0 Å². The molecule has 1 amide bonds. The van der Waals surface area contributed by atoms with Gasteiger partial charge in [0.2, 0.25) is 0 Å². The minimum Gasteiger partial charge on any atom is -0.383 e. The molecule has 1 heterocycles. The molecule has 1 unspecified atom stereocenters. The van der Waals surface area contributed by atoms with E-state index in [1.54, 1.807) is 31.0 Å². The predicted octanol–water partition coefficient (Wildman–Crippen LogP) is 1.55. The lowest BCUT2D eigenvalue weighted by atomic mass is 9.99. The average molecular weight is 299 g/mol. The number of amides is 1. The van der Waals surface area contributed by atoms with Crippen LogP contribution >= 0.6 is 0 Å². The molecule has 0 radical (unpaired) electrons. The Balaban J connectivity index is 1.67. The first-order valence-corrected chi connectivity index (χ1v) is 7.57. The molecule has 3 rings (SSSR count). The smallest absolute Gasteiger partial charge is 0.251 e. The van der Waals surface area contributed by atoms with Gasteiger partial charge in [-0.1, -0.05) is 6.07 Å². The van der Waals surface area contributed by atoms with Crippen LogP contribution in [0, 0.1) is 0 Å². The van der Waals surface area contributed by atoms with Crippen molar-refractivity contribution in [3.8, 4) is 0 Å². The lowest BCUT2D eigenvalue weighted by molar-refractivity contribution is 0.0526. The highest BCUT2D eigenvalue weighted by Gasteiger charge is 2.25. The van der Waals surface area contributed by atoms with Crippen LogP contribution in [0.3, 0.4) is 0 Å². The number of fused-ring (bicyclic) bond motifs is 1. The van der Waals surface area contributed by atoms with E-state index in [1.807, 2.05) is 18.2 Å². The van der Waals surface area contributed by atoms with Gasteiger partial charge in [-0.25, -0.2) is 0 Å². The number of benzene rings is 1. The third-order valence-electron chi connectivity index (χ3n) is 4.28. The third kappa shape index (κ3) is 2.90. The van der Waals surface area contributed by atoms with Gasteiger partial charge in [0.1, 0.15) is 5.60 Å². The molecule has 0 saturated carbocycles. The second-order valence-corrected chi connectivity index (χ2v) is 6.20. The number of carbonyl (C=O) groups excluding carboxylic acids is 1. The topological polar surface area (TPSA) is 67.2 Å². The third-order valence-corrected chi connectivity index (χ3v) is 4.28. The normalized spacial score (nSPS) is 16.1. The van der Waals surface area contributed by atoms with E-state index in [0.717, 1.165) is 19.3 Å². The quantitative estimate of drug-likeness (QED) is 0.900. The van der Waals surface area contributed by atoms with Gasteiger partial charge in [0.25, 0.3) is 5.91 Å². The molecule has 5 heteroatoms. The molecule has 5 nitrogen and oxygen atoms in total. The van der Waals surface area contributed by atoms with Crippen LogP contribution in [0.15, 0.2) is 30.6 Å². The maximum absolute atomic E-state index is 12.3. The summed E-state index contributed by atoms with van der Waals surface area (Å²) in [6, 6.07) is 5.87. The summed E-state index contributed by atoms with van der Waals surface area (Å²) in [7, 11) is 1.79. The number of nitrogens with one attached hydrogen (secondary N) is 1. The number of hydrogen-bond donors (Lipinski definition) is 2. The van der Waals surface area contributed by atoms with E-state index in [9.17, 15) is 9.90 Å². The molecular formula is C17H21N3O2. The van der Waals surface area contributed by atoms with E-state index >= 15 is 0 Å². The van der Waals surface area contributed by atoms with Gasteiger partial charge in [0, 0.05) is 24.4 Å². The van der Waals surface area contributed by atoms with Gasteiger partial charge in [0.05, 0.1) is 12.7 Å². The van der Waals surface area contributed by atoms with Crippen molar-refractivity contribution in [2.24, 2.45) is 7.05 Å². The van der Waals surface area contributed by atoms with Crippen molar-refractivity contribution in [3.05, 3.63) is 52.8 Å². The molecule has 2 N–H and O–H groups in total. The molecule has 1 aliphatic rings. The molecule has 1 aliphatic carbocycles. The van der Waals surface area contributed by atoms with Crippen LogP contribution in [0.5, 0.6) is 0 Å². The molecule has 0 fully saturated rings. The number of nitrogens with zero attached hydrogens (tertiary/aromatic N) is 2. The van der Waals surface area contributed by atoms with Crippen molar-refractivity contribution in [1.82, 2.24) is 15.1 Å². The summed E-state index contributed by atoms with van der Waals surface area (Å²) in [4.78, 5) is 12.3. The van der Waals surface area contributed by atoms with Crippen molar-refractivity contribution in [2.45, 2.75) is 31.8 Å². The number of aromatic nitrogens is 2. The van der Waals surface area contributed by atoms with Gasteiger partial charge < -0.3 is 10.4 Å². The van der Waals surface area contributed by atoms with Gasteiger partial charge in [-0.05, 0) is 49.4 Å². The fraction of sp³-hybridized carbons (Fsp3) is 0.412. The molecule has 116 valence electrons. The van der Waals surface area contributed by atoms with Crippen molar-refractivity contribution >= 4 is 5.91 Å². The monoisotopic (exact) mass is 299 g/mol. The predicted molar refractivity (Wildman–Crippen MR) is 83.6 cm³/mol. The molecule has 1 aromatic heterocycles. The lowest BCUT2D eigenvalue weighted by Gasteiger charge is -2.22. The highest BCUT2D eigenvalue weighted by Crippen LogP contribution is 2.23. The summed E-state index contributed by atoms with van der Waals surface area (Å²) in [6.07, 6.45) is 6.68. The van der Waals surface area contributed by atoms with E-state index in [1.165, 1.54) is 11.1 Å². The van der Waals surface area contributed by atoms with Crippen molar-refractivity contribution in [3.63, 3.8) is 0 Å². The first-order chi connectivity index (χ1) is 10.5. The second-order valence-electron chi connectivity index (χ2n) is 6.20. The van der Waals surface area contributed by atoms with E-state index in [4.69, 9.17) is 0 Å². The Hall–Kier alpha value is -2.14. The average Bonchev–Trinajstić information content (AvgIpc) is 3.12. The number of rotatable bonds is 4. The molecule has 1 aromatic carbocycles. The molecule has 0 aliphatic heterocycles. The number of aliphatic hydroxyl groups is 1. The maximum Gasteiger partial charge on any atom is 0.251 e. The van der Waals surface area contributed by atoms with Crippen LogP contribution in [-0.4, -0.2) is 27.3 Å². The van der Waals surface area contributed by atoms with Crippen LogP contribution in [0.1, 0.15) is 40.4 Å². The highest BCUT2D eigenvalue weighted by molar-refractivity contribution is 5.94. The van der Waals surface area contributed by atoms with E-state index in [-0.39, 0.29) is 12.5 Å². The summed E-state index contributed by atoms with van der Waals surface area (Å²) in [5.74, 6) is -0.154. The van der Waals surface area contributed by atoms with Gasteiger partial charge in [-0.3, -0.25) is 9.48 Å². The summed E-state index contributed by atoms with van der Waals surface area (Å²) in [5.41, 5.74) is 2.82. The molecule has 2 aromatic rings. The Bertz CT molecular complexity index is 704. The van der Waals surface area contributed by atoms with Crippen LogP contribution in [0.25, 0.3) is 0 Å². The maximum atomic E-state index is 12.3. The Labute approximate surface area is 130 Å². The lowest BCUT2D eigenvalue weighted by Crippen LogP contribution is -2.38. The van der Waals surface area contributed by atoms with Crippen LogP contribution < -0.4 is 5.32 Å². The first kappa shape index (κ1) is 14.8. The van der Waals surface area contributed by atoms with Crippen molar-refractivity contribution in [2.75, 3.05) is 6.54 Å². The number of hydrogen-bond acceptors (Lipinski definition) is 3. The fourth-order valence-corrected chi connectivity index (χ4v) is 2.87. The van der Waals surface area contributed by atoms with Gasteiger partial charge in [-0.15, -0.1) is 0 Å². The molecular weight excluding hydrogens is 278 g/mol. The van der Waals surface area contributed by atoms with Crippen LogP contribution in [0.2, 0.25) is 0 Å². The Morgan fingerprint density at radius 1 is 1.41 bits per heavy atom.